The zero-order chi connectivity index (χ0) is 15.4. The van der Waals surface area contributed by atoms with Gasteiger partial charge in [-0.1, -0.05) is 0 Å². The maximum absolute atomic E-state index is 12.1. The molecule has 2 amide bonds. The molecule has 0 aliphatic carbocycles. The van der Waals surface area contributed by atoms with Crippen molar-refractivity contribution in [2.75, 3.05) is 40.8 Å². The molecule has 1 atom stereocenters. The fourth-order valence-electron chi connectivity index (χ4n) is 2.86. The van der Waals surface area contributed by atoms with Gasteiger partial charge in [0.1, 0.15) is 0 Å². The normalized spacial score (nSPS) is 19.5. The maximum atomic E-state index is 12.1. The van der Waals surface area contributed by atoms with Crippen molar-refractivity contribution in [1.29, 1.82) is 0 Å². The minimum Gasteiger partial charge on any atom is -0.331 e. The van der Waals surface area contributed by atoms with Gasteiger partial charge in [-0.25, -0.2) is 4.79 Å². The Morgan fingerprint density at radius 3 is 2.76 bits per heavy atom. The lowest BCUT2D eigenvalue weighted by Crippen LogP contribution is -2.51. The first-order valence-corrected chi connectivity index (χ1v) is 7.63. The summed E-state index contributed by atoms with van der Waals surface area (Å²) in [5, 5.41) is 4.32. The number of amides is 2. The summed E-state index contributed by atoms with van der Waals surface area (Å²) in [6, 6.07) is 0.401. The number of hydrogen-bond donors (Lipinski definition) is 0. The van der Waals surface area contributed by atoms with E-state index in [9.17, 15) is 4.79 Å². The van der Waals surface area contributed by atoms with Gasteiger partial charge >= 0.3 is 6.03 Å². The van der Waals surface area contributed by atoms with E-state index in [-0.39, 0.29) is 6.03 Å². The second-order valence-electron chi connectivity index (χ2n) is 6.17. The largest absolute Gasteiger partial charge is 0.331 e. The van der Waals surface area contributed by atoms with Crippen LogP contribution in [0.15, 0.2) is 12.4 Å². The van der Waals surface area contributed by atoms with Crippen molar-refractivity contribution in [2.45, 2.75) is 32.4 Å². The van der Waals surface area contributed by atoms with Crippen LogP contribution in [0.1, 0.15) is 18.4 Å². The van der Waals surface area contributed by atoms with Crippen LogP contribution in [0, 0.1) is 6.92 Å². The second kappa shape index (κ2) is 6.93. The number of aryl methyl sites for hydroxylation is 1. The van der Waals surface area contributed by atoms with Crippen LogP contribution in [0.2, 0.25) is 0 Å². The highest BCUT2D eigenvalue weighted by atomic mass is 16.2. The first kappa shape index (κ1) is 15.8. The summed E-state index contributed by atoms with van der Waals surface area (Å²) in [5.41, 5.74) is 1.20. The predicted octanol–water partition coefficient (Wildman–Crippen LogP) is 1.27. The molecule has 1 aromatic rings. The van der Waals surface area contributed by atoms with Crippen molar-refractivity contribution in [3.05, 3.63) is 18.0 Å². The van der Waals surface area contributed by atoms with Gasteiger partial charge in [0.15, 0.2) is 0 Å². The summed E-state index contributed by atoms with van der Waals surface area (Å²) >= 11 is 0. The minimum atomic E-state index is 0.0875. The van der Waals surface area contributed by atoms with E-state index < -0.39 is 0 Å². The average molecular weight is 293 g/mol. The molecule has 118 valence electrons. The van der Waals surface area contributed by atoms with Crippen molar-refractivity contribution in [3.63, 3.8) is 0 Å². The highest BCUT2D eigenvalue weighted by Gasteiger charge is 2.26. The molecular weight excluding hydrogens is 266 g/mol. The van der Waals surface area contributed by atoms with E-state index in [0.717, 1.165) is 39.0 Å². The number of likely N-dealkylation sites (tertiary alicyclic amines) is 1. The Balaban J connectivity index is 1.84. The first-order chi connectivity index (χ1) is 9.97. The van der Waals surface area contributed by atoms with Gasteiger partial charge in [0, 0.05) is 46.5 Å². The third kappa shape index (κ3) is 4.20. The zero-order valence-electron chi connectivity index (χ0n) is 13.6. The van der Waals surface area contributed by atoms with Crippen molar-refractivity contribution in [1.82, 2.24) is 24.5 Å². The molecule has 0 radical (unpaired) electrons. The van der Waals surface area contributed by atoms with Gasteiger partial charge in [-0.05, 0) is 31.9 Å². The molecule has 0 spiro atoms. The molecule has 1 aliphatic rings. The lowest BCUT2D eigenvalue weighted by molar-refractivity contribution is 0.110. The van der Waals surface area contributed by atoms with E-state index in [1.807, 2.05) is 22.8 Å². The highest BCUT2D eigenvalue weighted by Crippen LogP contribution is 2.15. The molecule has 21 heavy (non-hydrogen) atoms. The van der Waals surface area contributed by atoms with Gasteiger partial charge in [0.05, 0.1) is 12.7 Å². The number of carbonyl (C=O) groups excluding carboxylic acids is 1. The molecule has 1 unspecified atom stereocenters. The van der Waals surface area contributed by atoms with Crippen molar-refractivity contribution in [3.8, 4) is 0 Å². The van der Waals surface area contributed by atoms with E-state index in [2.05, 4.69) is 23.1 Å². The molecule has 1 saturated heterocycles. The SMILES string of the molecule is Cc1cnn(CCN2CCCC(N(C)C(=O)N(C)C)C2)c1. The Morgan fingerprint density at radius 1 is 1.38 bits per heavy atom. The molecule has 6 nitrogen and oxygen atoms in total. The zero-order valence-corrected chi connectivity index (χ0v) is 13.6. The Labute approximate surface area is 127 Å². The van der Waals surface area contributed by atoms with Crippen LogP contribution in [-0.4, -0.2) is 77.3 Å². The summed E-state index contributed by atoms with van der Waals surface area (Å²) in [5.74, 6) is 0. The van der Waals surface area contributed by atoms with Gasteiger partial charge in [0.2, 0.25) is 0 Å². The quantitative estimate of drug-likeness (QED) is 0.840. The second-order valence-corrected chi connectivity index (χ2v) is 6.17. The number of carbonyl (C=O) groups is 1. The number of aromatic nitrogens is 2. The molecule has 0 bridgehead atoms. The minimum absolute atomic E-state index is 0.0875. The lowest BCUT2D eigenvalue weighted by Gasteiger charge is -2.38. The summed E-state index contributed by atoms with van der Waals surface area (Å²) in [4.78, 5) is 18.0. The summed E-state index contributed by atoms with van der Waals surface area (Å²) in [7, 11) is 5.52. The lowest BCUT2D eigenvalue weighted by atomic mass is 10.0. The van der Waals surface area contributed by atoms with Crippen LogP contribution in [0.25, 0.3) is 0 Å². The van der Waals surface area contributed by atoms with Crippen LogP contribution < -0.4 is 0 Å². The van der Waals surface area contributed by atoms with Gasteiger partial charge < -0.3 is 9.80 Å². The number of nitrogens with zero attached hydrogens (tertiary/aromatic N) is 5. The molecule has 6 heteroatoms. The predicted molar refractivity (Wildman–Crippen MR) is 83.3 cm³/mol. The smallest absolute Gasteiger partial charge is 0.319 e. The topological polar surface area (TPSA) is 44.6 Å². The van der Waals surface area contributed by atoms with Crippen molar-refractivity contribution in [2.24, 2.45) is 0 Å². The maximum Gasteiger partial charge on any atom is 0.319 e. The highest BCUT2D eigenvalue weighted by molar-refractivity contribution is 5.73. The Bertz CT molecular complexity index is 470. The van der Waals surface area contributed by atoms with Crippen LogP contribution >= 0.6 is 0 Å². The van der Waals surface area contributed by atoms with E-state index >= 15 is 0 Å². The van der Waals surface area contributed by atoms with E-state index in [1.165, 1.54) is 5.56 Å². The molecule has 1 aromatic heterocycles. The van der Waals surface area contributed by atoms with Crippen LogP contribution in [0.5, 0.6) is 0 Å². The fourth-order valence-corrected chi connectivity index (χ4v) is 2.86. The van der Waals surface area contributed by atoms with Crippen molar-refractivity contribution >= 4 is 6.03 Å². The summed E-state index contributed by atoms with van der Waals surface area (Å²) in [6.07, 6.45) is 6.20. The molecule has 0 saturated carbocycles. The van der Waals surface area contributed by atoms with Gasteiger partial charge in [-0.2, -0.15) is 5.10 Å². The number of piperidine rings is 1. The first-order valence-electron chi connectivity index (χ1n) is 7.63. The standard InChI is InChI=1S/C15H27N5O/c1-13-10-16-20(11-13)9-8-19-7-5-6-14(12-19)18(4)15(21)17(2)3/h10-11,14H,5-9,12H2,1-4H3. The van der Waals surface area contributed by atoms with Crippen LogP contribution in [-0.2, 0) is 6.54 Å². The molecular formula is C15H27N5O. The Morgan fingerprint density at radius 2 is 2.14 bits per heavy atom. The molecule has 2 heterocycles. The molecule has 1 aliphatic heterocycles. The van der Waals surface area contributed by atoms with Gasteiger partial charge in [-0.3, -0.25) is 9.58 Å². The summed E-state index contributed by atoms with van der Waals surface area (Å²) < 4.78 is 1.99. The van der Waals surface area contributed by atoms with Crippen LogP contribution in [0.3, 0.4) is 0 Å². The van der Waals surface area contributed by atoms with Gasteiger partial charge in [-0.15, -0.1) is 0 Å². The summed E-state index contributed by atoms with van der Waals surface area (Å²) in [6.45, 7) is 6.02. The Kier molecular flexibility index (Phi) is 5.22. The number of urea groups is 1. The number of hydrogen-bond acceptors (Lipinski definition) is 3. The number of rotatable bonds is 4. The molecule has 0 aromatic carbocycles. The van der Waals surface area contributed by atoms with Gasteiger partial charge in [0.25, 0.3) is 0 Å². The third-order valence-electron chi connectivity index (χ3n) is 4.12. The third-order valence-corrected chi connectivity index (χ3v) is 4.12. The Hall–Kier alpha value is -1.56. The van der Waals surface area contributed by atoms with E-state index in [1.54, 1.807) is 19.0 Å². The molecule has 0 N–H and O–H groups in total. The number of likely N-dealkylation sites (N-methyl/N-ethyl adjacent to an activating group) is 1. The van der Waals surface area contributed by atoms with E-state index in [4.69, 9.17) is 0 Å². The van der Waals surface area contributed by atoms with Crippen molar-refractivity contribution < 1.29 is 4.79 Å². The molecule has 2 rings (SSSR count). The average Bonchev–Trinajstić information content (AvgIpc) is 2.89. The monoisotopic (exact) mass is 293 g/mol. The molecule has 1 fully saturated rings. The fraction of sp³-hybridized carbons (Fsp3) is 0.733. The van der Waals surface area contributed by atoms with E-state index in [0.29, 0.717) is 6.04 Å². The van der Waals surface area contributed by atoms with Crippen LogP contribution in [0.4, 0.5) is 4.79 Å².